The van der Waals surface area contributed by atoms with Crippen LogP contribution in [-0.2, 0) is 11.3 Å². The van der Waals surface area contributed by atoms with E-state index in [2.05, 4.69) is 5.32 Å². The molecule has 0 radical (unpaired) electrons. The molecule has 1 unspecified atom stereocenters. The van der Waals surface area contributed by atoms with Gasteiger partial charge in [-0.25, -0.2) is 4.79 Å². The first-order chi connectivity index (χ1) is 8.13. The fourth-order valence-electron chi connectivity index (χ4n) is 1.54. The van der Waals surface area contributed by atoms with Crippen LogP contribution in [-0.4, -0.2) is 37.7 Å². The average Bonchev–Trinajstić information content (AvgIpc) is 2.30. The van der Waals surface area contributed by atoms with E-state index in [1.165, 1.54) is 0 Å². The highest BCUT2D eigenvalue weighted by Crippen LogP contribution is 2.02. The summed E-state index contributed by atoms with van der Waals surface area (Å²) in [6.07, 6.45) is 0. The molecule has 4 heteroatoms. The highest BCUT2D eigenvalue weighted by atomic mass is 16.5. The Kier molecular flexibility index (Phi) is 5.49. The predicted octanol–water partition coefficient (Wildman–Crippen LogP) is 1.86. The zero-order valence-electron chi connectivity index (χ0n) is 10.6. The summed E-state index contributed by atoms with van der Waals surface area (Å²) >= 11 is 0. The number of urea groups is 1. The van der Waals surface area contributed by atoms with Gasteiger partial charge in [0, 0.05) is 20.7 Å². The minimum Gasteiger partial charge on any atom is -0.383 e. The summed E-state index contributed by atoms with van der Waals surface area (Å²) in [6, 6.07) is 9.84. The molecule has 2 amide bonds. The molecule has 1 atom stereocenters. The average molecular weight is 236 g/mol. The summed E-state index contributed by atoms with van der Waals surface area (Å²) in [6.45, 7) is 3.04. The maximum atomic E-state index is 11.8. The highest BCUT2D eigenvalue weighted by molar-refractivity contribution is 5.74. The van der Waals surface area contributed by atoms with Gasteiger partial charge in [0.15, 0.2) is 0 Å². The first kappa shape index (κ1) is 13.5. The van der Waals surface area contributed by atoms with E-state index in [4.69, 9.17) is 4.74 Å². The molecule has 0 saturated carbocycles. The van der Waals surface area contributed by atoms with Crippen molar-refractivity contribution in [3.63, 3.8) is 0 Å². The Labute approximate surface area is 103 Å². The molecule has 0 aliphatic heterocycles. The molecule has 0 aliphatic rings. The van der Waals surface area contributed by atoms with Crippen molar-refractivity contribution in [1.82, 2.24) is 10.2 Å². The summed E-state index contributed by atoms with van der Waals surface area (Å²) in [5, 5.41) is 2.86. The Hall–Kier alpha value is -1.55. The van der Waals surface area contributed by atoms with Crippen LogP contribution < -0.4 is 5.32 Å². The van der Waals surface area contributed by atoms with Crippen molar-refractivity contribution in [2.45, 2.75) is 19.5 Å². The number of hydrogen-bond donors (Lipinski definition) is 1. The number of carbonyl (C=O) groups is 1. The lowest BCUT2D eigenvalue weighted by Crippen LogP contribution is -2.43. The van der Waals surface area contributed by atoms with Crippen molar-refractivity contribution in [1.29, 1.82) is 0 Å². The monoisotopic (exact) mass is 236 g/mol. The second-order valence-corrected chi connectivity index (χ2v) is 4.15. The van der Waals surface area contributed by atoms with Gasteiger partial charge in [-0.2, -0.15) is 0 Å². The van der Waals surface area contributed by atoms with E-state index < -0.39 is 0 Å². The molecule has 17 heavy (non-hydrogen) atoms. The van der Waals surface area contributed by atoms with Crippen molar-refractivity contribution in [2.75, 3.05) is 20.8 Å². The number of rotatable bonds is 5. The number of nitrogens with one attached hydrogen (secondary N) is 1. The highest BCUT2D eigenvalue weighted by Gasteiger charge is 2.11. The van der Waals surface area contributed by atoms with Crippen LogP contribution in [0.1, 0.15) is 12.5 Å². The molecular weight excluding hydrogens is 216 g/mol. The van der Waals surface area contributed by atoms with Crippen molar-refractivity contribution in [3.8, 4) is 0 Å². The lowest BCUT2D eigenvalue weighted by molar-refractivity contribution is 0.162. The molecule has 1 N–H and O–H groups in total. The van der Waals surface area contributed by atoms with E-state index in [0.29, 0.717) is 13.2 Å². The molecule has 1 aromatic rings. The molecule has 0 heterocycles. The van der Waals surface area contributed by atoms with Gasteiger partial charge in [-0.15, -0.1) is 0 Å². The predicted molar refractivity (Wildman–Crippen MR) is 67.8 cm³/mol. The topological polar surface area (TPSA) is 41.6 Å². The number of benzene rings is 1. The Morgan fingerprint density at radius 3 is 2.65 bits per heavy atom. The van der Waals surface area contributed by atoms with Crippen molar-refractivity contribution >= 4 is 6.03 Å². The van der Waals surface area contributed by atoms with Crippen LogP contribution in [0.3, 0.4) is 0 Å². The van der Waals surface area contributed by atoms with Crippen LogP contribution in [0.15, 0.2) is 30.3 Å². The minimum atomic E-state index is -0.0848. The Morgan fingerprint density at radius 2 is 2.06 bits per heavy atom. The number of amides is 2. The quantitative estimate of drug-likeness (QED) is 0.848. The van der Waals surface area contributed by atoms with Gasteiger partial charge in [-0.3, -0.25) is 0 Å². The van der Waals surface area contributed by atoms with Crippen LogP contribution in [0.5, 0.6) is 0 Å². The largest absolute Gasteiger partial charge is 0.383 e. The van der Waals surface area contributed by atoms with Crippen LogP contribution in [0, 0.1) is 0 Å². The van der Waals surface area contributed by atoms with E-state index in [9.17, 15) is 4.79 Å². The van der Waals surface area contributed by atoms with Gasteiger partial charge in [-0.1, -0.05) is 30.3 Å². The van der Waals surface area contributed by atoms with Gasteiger partial charge in [0.2, 0.25) is 0 Å². The van der Waals surface area contributed by atoms with E-state index in [-0.39, 0.29) is 12.1 Å². The molecule has 0 fully saturated rings. The second-order valence-electron chi connectivity index (χ2n) is 4.15. The first-order valence-electron chi connectivity index (χ1n) is 5.68. The van der Waals surface area contributed by atoms with E-state index in [0.717, 1.165) is 5.56 Å². The summed E-state index contributed by atoms with van der Waals surface area (Å²) < 4.78 is 4.97. The molecule has 0 spiro atoms. The molecule has 0 aromatic heterocycles. The Morgan fingerprint density at radius 1 is 1.41 bits per heavy atom. The SMILES string of the molecule is COCC(C)NC(=O)N(C)Cc1ccccc1. The third-order valence-corrected chi connectivity index (χ3v) is 2.40. The van der Waals surface area contributed by atoms with E-state index in [1.54, 1.807) is 19.1 Å². The summed E-state index contributed by atoms with van der Waals surface area (Å²) in [5.74, 6) is 0. The van der Waals surface area contributed by atoms with Crippen LogP contribution in [0.25, 0.3) is 0 Å². The lowest BCUT2D eigenvalue weighted by Gasteiger charge is -2.21. The first-order valence-corrected chi connectivity index (χ1v) is 5.68. The minimum absolute atomic E-state index is 0.0192. The maximum absolute atomic E-state index is 11.8. The van der Waals surface area contributed by atoms with Gasteiger partial charge in [0.05, 0.1) is 12.6 Å². The maximum Gasteiger partial charge on any atom is 0.317 e. The van der Waals surface area contributed by atoms with Crippen LogP contribution in [0.2, 0.25) is 0 Å². The van der Waals surface area contributed by atoms with Crippen molar-refractivity contribution in [2.24, 2.45) is 0 Å². The van der Waals surface area contributed by atoms with E-state index in [1.807, 2.05) is 37.3 Å². The normalized spacial score (nSPS) is 11.9. The summed E-state index contributed by atoms with van der Waals surface area (Å²) in [7, 11) is 3.40. The number of hydrogen-bond acceptors (Lipinski definition) is 2. The third kappa shape index (κ3) is 4.87. The molecule has 94 valence electrons. The lowest BCUT2D eigenvalue weighted by atomic mass is 10.2. The van der Waals surface area contributed by atoms with E-state index >= 15 is 0 Å². The zero-order valence-corrected chi connectivity index (χ0v) is 10.6. The third-order valence-electron chi connectivity index (χ3n) is 2.40. The van der Waals surface area contributed by atoms with Crippen LogP contribution >= 0.6 is 0 Å². The molecule has 0 aliphatic carbocycles. The molecule has 0 bridgehead atoms. The number of carbonyl (C=O) groups excluding carboxylic acids is 1. The molecule has 1 rings (SSSR count). The van der Waals surface area contributed by atoms with Crippen LogP contribution in [0.4, 0.5) is 4.79 Å². The molecule has 4 nitrogen and oxygen atoms in total. The summed E-state index contributed by atoms with van der Waals surface area (Å²) in [5.41, 5.74) is 1.12. The number of ether oxygens (including phenoxy) is 1. The number of methoxy groups -OCH3 is 1. The molecular formula is C13H20N2O2. The summed E-state index contributed by atoms with van der Waals surface area (Å²) in [4.78, 5) is 13.4. The van der Waals surface area contributed by atoms with Gasteiger partial charge >= 0.3 is 6.03 Å². The van der Waals surface area contributed by atoms with Gasteiger partial charge < -0.3 is 15.0 Å². The fourth-order valence-corrected chi connectivity index (χ4v) is 1.54. The Balaban J connectivity index is 2.42. The Bertz CT molecular complexity index is 341. The van der Waals surface area contributed by atoms with Gasteiger partial charge in [0.25, 0.3) is 0 Å². The van der Waals surface area contributed by atoms with Crippen molar-refractivity contribution < 1.29 is 9.53 Å². The number of nitrogens with zero attached hydrogens (tertiary/aromatic N) is 1. The van der Waals surface area contributed by atoms with Gasteiger partial charge in [0.1, 0.15) is 0 Å². The molecule has 1 aromatic carbocycles. The molecule has 0 saturated heterocycles. The van der Waals surface area contributed by atoms with Gasteiger partial charge in [-0.05, 0) is 12.5 Å². The zero-order chi connectivity index (χ0) is 12.7. The smallest absolute Gasteiger partial charge is 0.317 e. The fraction of sp³-hybridized carbons (Fsp3) is 0.462. The standard InChI is InChI=1S/C13H20N2O2/c1-11(10-17-3)14-13(16)15(2)9-12-7-5-4-6-8-12/h4-8,11H,9-10H2,1-3H3,(H,14,16). The second kappa shape index (κ2) is 6.91. The van der Waals surface area contributed by atoms with Crippen molar-refractivity contribution in [3.05, 3.63) is 35.9 Å².